The maximum atomic E-state index is 6.74. The van der Waals surface area contributed by atoms with Crippen LogP contribution in [0.25, 0.3) is 53.2 Å². The van der Waals surface area contributed by atoms with Gasteiger partial charge in [0.15, 0.2) is 0 Å². The third kappa shape index (κ3) is 4.67. The molecule has 0 bridgehead atoms. The van der Waals surface area contributed by atoms with Gasteiger partial charge in [0.1, 0.15) is 11.2 Å². The second-order valence-corrected chi connectivity index (χ2v) is 19.8. The van der Waals surface area contributed by atoms with Gasteiger partial charge < -0.3 is 14.1 Å². The molecule has 5 heterocycles. The molecule has 0 saturated heterocycles. The molecule has 0 spiro atoms. The van der Waals surface area contributed by atoms with Crippen LogP contribution in [0, 0.1) is 0 Å². The summed E-state index contributed by atoms with van der Waals surface area (Å²) in [6.07, 6.45) is 0. The molecule has 0 radical (unpaired) electrons. The minimum Gasteiger partial charge on any atom is -0.456 e. The van der Waals surface area contributed by atoms with Crippen molar-refractivity contribution in [2.45, 2.75) is 31.6 Å². The summed E-state index contributed by atoms with van der Waals surface area (Å²) in [5.74, 6) is 0. The first kappa shape index (κ1) is 36.2. The van der Waals surface area contributed by atoms with E-state index in [2.05, 4.69) is 225 Å². The van der Waals surface area contributed by atoms with Crippen LogP contribution in [0.3, 0.4) is 0 Å². The van der Waals surface area contributed by atoms with Gasteiger partial charge in [-0.1, -0.05) is 166 Å². The average molecular weight is 837 g/mol. The van der Waals surface area contributed by atoms with E-state index in [0.717, 1.165) is 33.3 Å². The zero-order chi connectivity index (χ0) is 42.5. The number of benzene rings is 9. The molecule has 11 aromatic rings. The Balaban J connectivity index is 1.18. The van der Waals surface area contributed by atoms with Crippen molar-refractivity contribution < 1.29 is 4.42 Å². The number of rotatable bonds is 3. The van der Waals surface area contributed by atoms with Gasteiger partial charge >= 0.3 is 6.85 Å². The summed E-state index contributed by atoms with van der Waals surface area (Å²) in [7, 11) is 0. The Morgan fingerprint density at radius 1 is 0.516 bits per heavy atom. The summed E-state index contributed by atoms with van der Waals surface area (Å²) in [4.78, 5) is 5.31. The smallest absolute Gasteiger partial charge is 0.333 e. The Kier molecular flexibility index (Phi) is 7.28. The molecule has 0 N–H and O–H groups in total. The molecule has 0 aliphatic carbocycles. The van der Waals surface area contributed by atoms with Crippen LogP contribution in [-0.4, -0.2) is 6.85 Å². The first-order valence-corrected chi connectivity index (χ1v) is 23.2. The van der Waals surface area contributed by atoms with E-state index in [1.54, 1.807) is 0 Å². The van der Waals surface area contributed by atoms with Crippen LogP contribution in [0.1, 0.15) is 48.6 Å². The molecule has 5 heteroatoms. The molecule has 0 unspecified atom stereocenters. The molecule has 64 heavy (non-hydrogen) atoms. The maximum Gasteiger partial charge on any atom is 0.333 e. The van der Waals surface area contributed by atoms with Crippen LogP contribution in [0.2, 0.25) is 0 Å². The number of fused-ring (bicyclic) bond motifs is 13. The van der Waals surface area contributed by atoms with Crippen molar-refractivity contribution >= 4 is 99.7 Å². The quantitative estimate of drug-likeness (QED) is 0.165. The molecular weight excluding hydrogens is 796 g/mol. The number of hydrogen-bond donors (Lipinski definition) is 0. The highest BCUT2D eigenvalue weighted by Gasteiger charge is 2.53. The van der Waals surface area contributed by atoms with Crippen LogP contribution in [0.5, 0.6) is 0 Å². The van der Waals surface area contributed by atoms with E-state index in [4.69, 9.17) is 4.42 Å². The molecule has 9 aromatic carbocycles. The van der Waals surface area contributed by atoms with E-state index >= 15 is 0 Å². The van der Waals surface area contributed by atoms with E-state index in [9.17, 15) is 0 Å². The van der Waals surface area contributed by atoms with Crippen LogP contribution in [-0.2, 0) is 10.8 Å². The monoisotopic (exact) mass is 836 g/mol. The molecule has 3 nitrogen and oxygen atoms in total. The third-order valence-corrected chi connectivity index (χ3v) is 15.6. The highest BCUT2D eigenvalue weighted by atomic mass is 32.1. The molecule has 0 atom stereocenters. The molecular formula is C59H41BN2OS. The van der Waals surface area contributed by atoms with Gasteiger partial charge in [0, 0.05) is 54.9 Å². The average Bonchev–Trinajstić information content (AvgIpc) is 3.90. The summed E-state index contributed by atoms with van der Waals surface area (Å²) < 4.78 is 9.35. The highest BCUT2D eigenvalue weighted by molar-refractivity contribution is 7.26. The van der Waals surface area contributed by atoms with Crippen molar-refractivity contribution in [3.05, 3.63) is 222 Å². The van der Waals surface area contributed by atoms with Gasteiger partial charge in [-0.3, -0.25) is 0 Å². The minimum atomic E-state index is -0.596. The summed E-state index contributed by atoms with van der Waals surface area (Å²) in [6, 6.07) is 72.9. The number of para-hydroxylation sites is 3. The molecule has 2 aromatic heterocycles. The van der Waals surface area contributed by atoms with Crippen molar-refractivity contribution in [1.82, 2.24) is 0 Å². The van der Waals surface area contributed by atoms with Gasteiger partial charge in [-0.15, -0.1) is 11.3 Å². The van der Waals surface area contributed by atoms with Crippen molar-refractivity contribution in [1.29, 1.82) is 0 Å². The second-order valence-electron chi connectivity index (χ2n) is 18.8. The lowest BCUT2D eigenvalue weighted by Gasteiger charge is -2.52. The third-order valence-electron chi connectivity index (χ3n) is 14.4. The largest absolute Gasteiger partial charge is 0.456 e. The van der Waals surface area contributed by atoms with E-state index in [1.807, 2.05) is 11.3 Å². The predicted octanol–water partition coefficient (Wildman–Crippen LogP) is 14.7. The van der Waals surface area contributed by atoms with Crippen LogP contribution in [0.15, 0.2) is 199 Å². The molecule has 3 aliphatic rings. The van der Waals surface area contributed by atoms with E-state index in [1.165, 1.54) is 87.1 Å². The fraction of sp³-hybridized carbons (Fsp3) is 0.0847. The predicted molar refractivity (Wildman–Crippen MR) is 271 cm³/mol. The van der Waals surface area contributed by atoms with Gasteiger partial charge in [0.2, 0.25) is 0 Å². The zero-order valence-corrected chi connectivity index (χ0v) is 36.6. The standard InChI is InChI=1S/C59H41BN2OS/c1-58(2,3)36-29-31-39(32-30-36)62-50-35-52-43(40-21-10-14-27-51(40)63-52)33-42(50)44-34-45-41-22-11-15-28-53(41)64-57(45)56-54(44)60(62)48-25-16-24-47-55(48)61(56)49-26-13-12-23-46(49)59(47,37-17-6-4-7-18-37)38-19-8-5-9-20-38/h4-35H,1-3H3. The summed E-state index contributed by atoms with van der Waals surface area (Å²) in [5.41, 5.74) is 18.8. The van der Waals surface area contributed by atoms with Crippen molar-refractivity contribution in [3.63, 3.8) is 0 Å². The summed E-state index contributed by atoms with van der Waals surface area (Å²) in [5, 5.41) is 4.86. The topological polar surface area (TPSA) is 19.6 Å². The summed E-state index contributed by atoms with van der Waals surface area (Å²) in [6.45, 7) is 6.73. The van der Waals surface area contributed by atoms with Gasteiger partial charge in [-0.25, -0.2) is 0 Å². The van der Waals surface area contributed by atoms with E-state index < -0.39 is 5.41 Å². The Bertz CT molecular complexity index is 3690. The molecule has 302 valence electrons. The number of hydrogen-bond acceptors (Lipinski definition) is 4. The zero-order valence-electron chi connectivity index (χ0n) is 35.8. The van der Waals surface area contributed by atoms with Crippen LogP contribution in [0.4, 0.5) is 28.4 Å². The molecule has 3 aliphatic heterocycles. The number of anilines is 5. The molecule has 0 amide bonds. The Hall–Kier alpha value is -7.34. The Morgan fingerprint density at radius 3 is 1.94 bits per heavy atom. The molecule has 14 rings (SSSR count). The fourth-order valence-corrected chi connectivity index (χ4v) is 12.9. The first-order valence-electron chi connectivity index (χ1n) is 22.4. The normalized spacial score (nSPS) is 14.5. The number of thiophene rings is 1. The number of furan rings is 1. The van der Waals surface area contributed by atoms with Crippen molar-refractivity contribution in [2.24, 2.45) is 0 Å². The number of nitrogens with zero attached hydrogens (tertiary/aromatic N) is 2. The van der Waals surface area contributed by atoms with Gasteiger partial charge in [0.05, 0.1) is 21.5 Å². The lowest BCUT2D eigenvalue weighted by molar-refractivity contribution is 0.590. The van der Waals surface area contributed by atoms with Gasteiger partial charge in [0.25, 0.3) is 0 Å². The lowest BCUT2D eigenvalue weighted by atomic mass is 9.42. The Morgan fingerprint density at radius 2 is 1.17 bits per heavy atom. The Labute approximate surface area is 376 Å². The minimum absolute atomic E-state index is 0.0147. The van der Waals surface area contributed by atoms with Crippen molar-refractivity contribution in [3.8, 4) is 11.1 Å². The second kappa shape index (κ2) is 12.9. The van der Waals surface area contributed by atoms with E-state index in [-0.39, 0.29) is 12.3 Å². The van der Waals surface area contributed by atoms with Gasteiger partial charge in [-0.05, 0) is 92.2 Å². The van der Waals surface area contributed by atoms with Crippen LogP contribution >= 0.6 is 11.3 Å². The first-order chi connectivity index (χ1) is 31.4. The van der Waals surface area contributed by atoms with E-state index in [0.29, 0.717) is 0 Å². The lowest BCUT2D eigenvalue weighted by Crippen LogP contribution is -2.62. The molecule has 0 saturated carbocycles. The highest BCUT2D eigenvalue weighted by Crippen LogP contribution is 2.61. The fourth-order valence-electron chi connectivity index (χ4n) is 11.7. The SMILES string of the molecule is CC(C)(C)c1ccc(N2B3c4cccc5c4N(c4ccccc4C5(c4ccccc4)c4ccccc4)c4c3c(cc3c4sc4ccccc43)-c3cc4c(cc32)oc2ccccc24)cc1. The summed E-state index contributed by atoms with van der Waals surface area (Å²) >= 11 is 1.93. The van der Waals surface area contributed by atoms with Gasteiger partial charge in [-0.2, -0.15) is 0 Å². The molecule has 0 fully saturated rings. The van der Waals surface area contributed by atoms with Crippen molar-refractivity contribution in [2.75, 3.05) is 9.71 Å². The van der Waals surface area contributed by atoms with Crippen LogP contribution < -0.4 is 20.6 Å². The maximum absolute atomic E-state index is 6.74.